The standard InChI is InChI=1S/C17H29N5O8/c1-8(2)14(17(29)30)22-16(28)10(4-6-13(25)26)21-12(24)7-20-15(27)9(18)3-5-11(19)23/h8-10,14H,3-7,18H2,1-2H3,(H2,19,23)(H,20,27)(H,21,24)(H,22,28)(H,25,26)(H,29,30). The van der Waals surface area contributed by atoms with Gasteiger partial charge in [0.05, 0.1) is 12.6 Å². The molecule has 13 heteroatoms. The Morgan fingerprint density at radius 3 is 1.97 bits per heavy atom. The molecule has 0 spiro atoms. The van der Waals surface area contributed by atoms with Gasteiger partial charge in [-0.3, -0.25) is 24.0 Å². The summed E-state index contributed by atoms with van der Waals surface area (Å²) in [5, 5.41) is 24.7. The largest absolute Gasteiger partial charge is 0.481 e. The summed E-state index contributed by atoms with van der Waals surface area (Å²) in [5.74, 6) is -5.98. The van der Waals surface area contributed by atoms with Crippen LogP contribution in [0, 0.1) is 5.92 Å². The summed E-state index contributed by atoms with van der Waals surface area (Å²) in [4.78, 5) is 69.0. The van der Waals surface area contributed by atoms with Gasteiger partial charge in [0.1, 0.15) is 12.1 Å². The summed E-state index contributed by atoms with van der Waals surface area (Å²) in [5.41, 5.74) is 10.5. The molecule has 0 saturated heterocycles. The molecule has 0 rings (SSSR count). The second-order valence-corrected chi connectivity index (χ2v) is 6.95. The number of carbonyl (C=O) groups is 6. The molecule has 9 N–H and O–H groups in total. The first kappa shape index (κ1) is 26.8. The minimum Gasteiger partial charge on any atom is -0.481 e. The Kier molecular flexibility index (Phi) is 11.7. The Balaban J connectivity index is 4.90. The van der Waals surface area contributed by atoms with Crippen LogP contribution in [-0.4, -0.2) is 70.5 Å². The van der Waals surface area contributed by atoms with Gasteiger partial charge in [-0.05, 0) is 18.8 Å². The van der Waals surface area contributed by atoms with Gasteiger partial charge < -0.3 is 37.6 Å². The molecule has 0 fully saturated rings. The van der Waals surface area contributed by atoms with Crippen LogP contribution in [0.4, 0.5) is 0 Å². The lowest BCUT2D eigenvalue weighted by Gasteiger charge is -2.23. The van der Waals surface area contributed by atoms with E-state index in [2.05, 4.69) is 16.0 Å². The molecular weight excluding hydrogens is 402 g/mol. The predicted molar refractivity (Wildman–Crippen MR) is 103 cm³/mol. The third-order valence-electron chi connectivity index (χ3n) is 3.99. The summed E-state index contributed by atoms with van der Waals surface area (Å²) in [6, 6.07) is -3.63. The van der Waals surface area contributed by atoms with Crippen molar-refractivity contribution >= 4 is 35.6 Å². The van der Waals surface area contributed by atoms with E-state index in [9.17, 15) is 28.8 Å². The molecule has 13 nitrogen and oxygen atoms in total. The van der Waals surface area contributed by atoms with E-state index >= 15 is 0 Å². The lowest BCUT2D eigenvalue weighted by Crippen LogP contribution is -2.54. The van der Waals surface area contributed by atoms with Gasteiger partial charge in [-0.1, -0.05) is 13.8 Å². The second-order valence-electron chi connectivity index (χ2n) is 6.95. The summed E-state index contributed by atoms with van der Waals surface area (Å²) in [6.45, 7) is 2.58. The number of carboxylic acids is 2. The summed E-state index contributed by atoms with van der Waals surface area (Å²) >= 11 is 0. The van der Waals surface area contributed by atoms with Crippen LogP contribution in [-0.2, 0) is 28.8 Å². The van der Waals surface area contributed by atoms with E-state index in [4.69, 9.17) is 21.7 Å². The number of hydrogen-bond acceptors (Lipinski definition) is 7. The molecule has 0 heterocycles. The van der Waals surface area contributed by atoms with E-state index in [1.54, 1.807) is 13.8 Å². The third-order valence-corrected chi connectivity index (χ3v) is 3.99. The van der Waals surface area contributed by atoms with Crippen molar-refractivity contribution < 1.29 is 39.0 Å². The number of hydrogen-bond donors (Lipinski definition) is 7. The average Bonchev–Trinajstić information content (AvgIpc) is 2.64. The lowest BCUT2D eigenvalue weighted by atomic mass is 10.0. The van der Waals surface area contributed by atoms with Crippen molar-refractivity contribution in [2.45, 2.75) is 57.7 Å². The first-order valence-corrected chi connectivity index (χ1v) is 9.21. The fraction of sp³-hybridized carbons (Fsp3) is 0.647. The van der Waals surface area contributed by atoms with Crippen LogP contribution >= 0.6 is 0 Å². The Morgan fingerprint density at radius 1 is 0.900 bits per heavy atom. The van der Waals surface area contributed by atoms with E-state index < -0.39 is 72.6 Å². The Labute approximate surface area is 172 Å². The van der Waals surface area contributed by atoms with Crippen molar-refractivity contribution in [3.8, 4) is 0 Å². The smallest absolute Gasteiger partial charge is 0.326 e. The van der Waals surface area contributed by atoms with Crippen molar-refractivity contribution in [3.05, 3.63) is 0 Å². The Morgan fingerprint density at radius 2 is 1.50 bits per heavy atom. The van der Waals surface area contributed by atoms with Gasteiger partial charge in [-0.2, -0.15) is 0 Å². The molecule has 0 bridgehead atoms. The Bertz CT molecular complexity index is 667. The molecule has 0 aliphatic rings. The first-order valence-electron chi connectivity index (χ1n) is 9.21. The summed E-state index contributed by atoms with van der Waals surface area (Å²) in [7, 11) is 0. The minimum atomic E-state index is -1.32. The van der Waals surface area contributed by atoms with Crippen LogP contribution in [0.2, 0.25) is 0 Å². The van der Waals surface area contributed by atoms with Gasteiger partial charge in [0.2, 0.25) is 23.6 Å². The first-order chi connectivity index (χ1) is 13.8. The fourth-order valence-corrected chi connectivity index (χ4v) is 2.28. The number of carboxylic acid groups (broad SMARTS) is 2. The quantitative estimate of drug-likeness (QED) is 0.151. The zero-order chi connectivity index (χ0) is 23.4. The van der Waals surface area contributed by atoms with Crippen molar-refractivity contribution in [1.82, 2.24) is 16.0 Å². The number of primary amides is 1. The molecule has 0 aliphatic carbocycles. The number of nitrogens with one attached hydrogen (secondary N) is 3. The summed E-state index contributed by atoms with van der Waals surface area (Å²) in [6.07, 6.45) is -0.872. The van der Waals surface area contributed by atoms with Gasteiger partial charge in [0.15, 0.2) is 0 Å². The highest BCUT2D eigenvalue weighted by molar-refractivity contribution is 5.92. The topological polar surface area (TPSA) is 231 Å². The van der Waals surface area contributed by atoms with Gasteiger partial charge >= 0.3 is 11.9 Å². The fourth-order valence-electron chi connectivity index (χ4n) is 2.28. The molecule has 4 amide bonds. The number of nitrogens with two attached hydrogens (primary N) is 2. The van der Waals surface area contributed by atoms with E-state index in [-0.39, 0.29) is 19.3 Å². The van der Waals surface area contributed by atoms with E-state index in [1.807, 2.05) is 0 Å². The van der Waals surface area contributed by atoms with Crippen molar-refractivity contribution in [2.75, 3.05) is 6.54 Å². The number of carbonyl (C=O) groups excluding carboxylic acids is 4. The maximum absolute atomic E-state index is 12.4. The van der Waals surface area contributed by atoms with Crippen LogP contribution < -0.4 is 27.4 Å². The molecular formula is C17H29N5O8. The van der Waals surface area contributed by atoms with Gasteiger partial charge in [-0.25, -0.2) is 4.79 Å². The van der Waals surface area contributed by atoms with Crippen molar-refractivity contribution in [3.63, 3.8) is 0 Å². The van der Waals surface area contributed by atoms with E-state index in [0.29, 0.717) is 0 Å². The number of rotatable bonds is 14. The zero-order valence-corrected chi connectivity index (χ0v) is 16.8. The number of aliphatic carboxylic acids is 2. The molecule has 170 valence electrons. The minimum absolute atomic E-state index is 0.0157. The zero-order valence-electron chi connectivity index (χ0n) is 16.8. The highest BCUT2D eigenvalue weighted by atomic mass is 16.4. The van der Waals surface area contributed by atoms with E-state index in [0.717, 1.165) is 0 Å². The molecule has 0 aromatic carbocycles. The average molecular weight is 431 g/mol. The number of amides is 4. The highest BCUT2D eigenvalue weighted by Crippen LogP contribution is 2.05. The highest BCUT2D eigenvalue weighted by Gasteiger charge is 2.29. The van der Waals surface area contributed by atoms with Crippen LogP contribution in [0.1, 0.15) is 39.5 Å². The van der Waals surface area contributed by atoms with Gasteiger partial charge in [0, 0.05) is 12.8 Å². The molecule has 0 radical (unpaired) electrons. The lowest BCUT2D eigenvalue weighted by molar-refractivity contribution is -0.144. The molecule has 0 aliphatic heterocycles. The molecule has 3 unspecified atom stereocenters. The van der Waals surface area contributed by atoms with Crippen molar-refractivity contribution in [1.29, 1.82) is 0 Å². The van der Waals surface area contributed by atoms with Crippen LogP contribution in [0.15, 0.2) is 0 Å². The monoisotopic (exact) mass is 431 g/mol. The molecule has 0 aromatic rings. The van der Waals surface area contributed by atoms with Crippen LogP contribution in [0.5, 0.6) is 0 Å². The van der Waals surface area contributed by atoms with Crippen LogP contribution in [0.3, 0.4) is 0 Å². The molecule has 3 atom stereocenters. The van der Waals surface area contributed by atoms with Crippen LogP contribution in [0.25, 0.3) is 0 Å². The summed E-state index contributed by atoms with van der Waals surface area (Å²) < 4.78 is 0. The SMILES string of the molecule is CC(C)C(NC(=O)C(CCC(=O)O)NC(=O)CNC(=O)C(N)CCC(N)=O)C(=O)O. The molecule has 0 saturated carbocycles. The maximum atomic E-state index is 12.4. The van der Waals surface area contributed by atoms with E-state index in [1.165, 1.54) is 0 Å². The van der Waals surface area contributed by atoms with Gasteiger partial charge in [0.25, 0.3) is 0 Å². The third kappa shape index (κ3) is 10.9. The normalized spacial score (nSPS) is 13.6. The Hall–Kier alpha value is -3.22. The van der Waals surface area contributed by atoms with Gasteiger partial charge in [-0.15, -0.1) is 0 Å². The molecule has 30 heavy (non-hydrogen) atoms. The molecule has 0 aromatic heterocycles. The second kappa shape index (κ2) is 13.1. The predicted octanol–water partition coefficient (Wildman–Crippen LogP) is -2.73. The van der Waals surface area contributed by atoms with Crippen molar-refractivity contribution in [2.24, 2.45) is 17.4 Å². The maximum Gasteiger partial charge on any atom is 0.326 e.